The Morgan fingerprint density at radius 3 is 2.34 bits per heavy atom. The third kappa shape index (κ3) is 6.86. The summed E-state index contributed by atoms with van der Waals surface area (Å²) in [6.45, 7) is 5.56. The van der Waals surface area contributed by atoms with Gasteiger partial charge in [-0.3, -0.25) is 4.79 Å². The molecule has 8 nitrogen and oxygen atoms in total. The highest BCUT2D eigenvalue weighted by atomic mass is 35.5. The van der Waals surface area contributed by atoms with Crippen molar-refractivity contribution in [3.05, 3.63) is 106 Å². The molecule has 4 rings (SSSR count). The van der Waals surface area contributed by atoms with Gasteiger partial charge in [-0.2, -0.15) is 9.29 Å². The van der Waals surface area contributed by atoms with Gasteiger partial charge >= 0.3 is 0 Å². The maximum atomic E-state index is 13.5. The largest absolute Gasteiger partial charge is 0.339 e. The fourth-order valence-electron chi connectivity index (χ4n) is 3.78. The van der Waals surface area contributed by atoms with Crippen molar-refractivity contribution in [2.75, 3.05) is 11.9 Å². The van der Waals surface area contributed by atoms with Gasteiger partial charge in [0.2, 0.25) is 21.8 Å². The molecule has 1 heterocycles. The van der Waals surface area contributed by atoms with Gasteiger partial charge in [-0.1, -0.05) is 67.0 Å². The zero-order valence-corrected chi connectivity index (χ0v) is 23.0. The van der Waals surface area contributed by atoms with E-state index in [1.54, 1.807) is 12.1 Å². The molecular weight excluding hydrogens is 524 g/mol. The standard InChI is InChI=1S/C28H29ClN4O4S/c1-19(2)28-31-26(32-37-28)16-21-8-12-24(13-9-21)30-27(34)18-33(17-22-7-5-4-6-20(22)3)38(35,36)25-14-10-23(29)11-15-25/h4-15,19H,16-18H2,1-3H3,(H,30,34). The highest BCUT2D eigenvalue weighted by Gasteiger charge is 2.27. The average molecular weight is 553 g/mol. The number of hydrogen-bond acceptors (Lipinski definition) is 6. The summed E-state index contributed by atoms with van der Waals surface area (Å²) in [7, 11) is -3.97. The van der Waals surface area contributed by atoms with E-state index in [4.69, 9.17) is 16.1 Å². The van der Waals surface area contributed by atoms with Crippen LogP contribution in [0.4, 0.5) is 5.69 Å². The molecule has 198 valence electrons. The Balaban J connectivity index is 1.48. The quantitative estimate of drug-likeness (QED) is 0.275. The van der Waals surface area contributed by atoms with Gasteiger partial charge in [-0.25, -0.2) is 8.42 Å². The van der Waals surface area contributed by atoms with E-state index in [1.807, 2.05) is 57.2 Å². The van der Waals surface area contributed by atoms with Crippen LogP contribution < -0.4 is 5.32 Å². The summed E-state index contributed by atoms with van der Waals surface area (Å²) < 4.78 is 33.4. The molecule has 0 saturated heterocycles. The SMILES string of the molecule is Cc1ccccc1CN(CC(=O)Nc1ccc(Cc2noc(C(C)C)n2)cc1)S(=O)(=O)c1ccc(Cl)cc1. The molecule has 3 aromatic carbocycles. The molecule has 1 N–H and O–H groups in total. The predicted molar refractivity (Wildman–Crippen MR) is 146 cm³/mol. The van der Waals surface area contributed by atoms with Crippen molar-refractivity contribution in [1.82, 2.24) is 14.4 Å². The normalized spacial score (nSPS) is 11.7. The number of amides is 1. The zero-order valence-electron chi connectivity index (χ0n) is 21.4. The van der Waals surface area contributed by atoms with E-state index in [0.717, 1.165) is 16.7 Å². The van der Waals surface area contributed by atoms with Crippen LogP contribution in [0, 0.1) is 6.92 Å². The molecule has 0 spiro atoms. The van der Waals surface area contributed by atoms with Crippen LogP contribution in [0.15, 0.2) is 82.2 Å². The summed E-state index contributed by atoms with van der Waals surface area (Å²) in [6.07, 6.45) is 0.494. The van der Waals surface area contributed by atoms with Crippen LogP contribution >= 0.6 is 11.6 Å². The highest BCUT2D eigenvalue weighted by Crippen LogP contribution is 2.22. The number of aryl methyl sites for hydroxylation is 1. The average Bonchev–Trinajstić information content (AvgIpc) is 3.35. The Morgan fingerprint density at radius 2 is 1.71 bits per heavy atom. The van der Waals surface area contributed by atoms with Gasteiger partial charge in [0, 0.05) is 29.6 Å². The Morgan fingerprint density at radius 1 is 1.03 bits per heavy atom. The molecular formula is C28H29ClN4O4S. The molecule has 0 fully saturated rings. The van der Waals surface area contributed by atoms with Crippen molar-refractivity contribution in [3.63, 3.8) is 0 Å². The maximum Gasteiger partial charge on any atom is 0.243 e. The molecule has 1 aromatic heterocycles. The molecule has 38 heavy (non-hydrogen) atoms. The Bertz CT molecular complexity index is 1500. The number of rotatable bonds is 10. The molecule has 1 amide bonds. The number of hydrogen-bond donors (Lipinski definition) is 1. The van der Waals surface area contributed by atoms with Gasteiger partial charge < -0.3 is 9.84 Å². The van der Waals surface area contributed by atoms with E-state index in [-0.39, 0.29) is 23.9 Å². The third-order valence-electron chi connectivity index (χ3n) is 5.96. The van der Waals surface area contributed by atoms with Crippen molar-refractivity contribution in [2.24, 2.45) is 0 Å². The Kier molecular flexibility index (Phi) is 8.61. The minimum Gasteiger partial charge on any atom is -0.339 e. The first-order valence-corrected chi connectivity index (χ1v) is 13.9. The molecule has 4 aromatic rings. The van der Waals surface area contributed by atoms with Crippen LogP contribution in [0.3, 0.4) is 0 Å². The minimum atomic E-state index is -3.97. The van der Waals surface area contributed by atoms with Crippen LogP contribution in [-0.4, -0.2) is 35.3 Å². The summed E-state index contributed by atoms with van der Waals surface area (Å²) >= 11 is 5.95. The molecule has 0 atom stereocenters. The minimum absolute atomic E-state index is 0.0487. The zero-order chi connectivity index (χ0) is 27.3. The number of carbonyl (C=O) groups excluding carboxylic acids is 1. The molecule has 0 aliphatic carbocycles. The molecule has 0 radical (unpaired) electrons. The van der Waals surface area contributed by atoms with Crippen molar-refractivity contribution in [3.8, 4) is 0 Å². The molecule has 0 saturated carbocycles. The summed E-state index contributed by atoms with van der Waals surface area (Å²) in [4.78, 5) is 17.5. The van der Waals surface area contributed by atoms with Crippen molar-refractivity contribution in [1.29, 1.82) is 0 Å². The fraction of sp³-hybridized carbons (Fsp3) is 0.250. The van der Waals surface area contributed by atoms with E-state index < -0.39 is 15.9 Å². The molecule has 0 bridgehead atoms. The molecule has 0 aliphatic heterocycles. The van der Waals surface area contributed by atoms with Crippen molar-refractivity contribution >= 4 is 33.2 Å². The Hall–Kier alpha value is -3.53. The number of nitrogens with zero attached hydrogens (tertiary/aromatic N) is 3. The summed E-state index contributed by atoms with van der Waals surface area (Å²) in [5.74, 6) is 0.878. The van der Waals surface area contributed by atoms with Gasteiger partial charge in [-0.15, -0.1) is 0 Å². The number of aromatic nitrogens is 2. The smallest absolute Gasteiger partial charge is 0.243 e. The Labute approximate surface area is 227 Å². The lowest BCUT2D eigenvalue weighted by molar-refractivity contribution is -0.116. The summed E-state index contributed by atoms with van der Waals surface area (Å²) in [5.41, 5.74) is 3.24. The number of halogens is 1. The van der Waals surface area contributed by atoms with E-state index in [1.165, 1.54) is 28.6 Å². The first kappa shape index (κ1) is 27.5. The van der Waals surface area contributed by atoms with Crippen LogP contribution in [0.5, 0.6) is 0 Å². The number of benzene rings is 3. The topological polar surface area (TPSA) is 105 Å². The van der Waals surface area contributed by atoms with Crippen LogP contribution in [0.1, 0.15) is 48.2 Å². The second-order valence-corrected chi connectivity index (χ2v) is 11.7. The van der Waals surface area contributed by atoms with E-state index in [9.17, 15) is 13.2 Å². The number of nitrogens with one attached hydrogen (secondary N) is 1. The molecule has 0 unspecified atom stereocenters. The van der Waals surface area contributed by atoms with E-state index in [0.29, 0.717) is 28.8 Å². The fourth-order valence-corrected chi connectivity index (χ4v) is 5.28. The highest BCUT2D eigenvalue weighted by molar-refractivity contribution is 7.89. The van der Waals surface area contributed by atoms with E-state index in [2.05, 4.69) is 15.5 Å². The summed E-state index contributed by atoms with van der Waals surface area (Å²) in [5, 5.41) is 7.23. The van der Waals surface area contributed by atoms with Crippen LogP contribution in [0.2, 0.25) is 5.02 Å². The monoisotopic (exact) mass is 552 g/mol. The first-order valence-electron chi connectivity index (χ1n) is 12.1. The lowest BCUT2D eigenvalue weighted by atomic mass is 10.1. The maximum absolute atomic E-state index is 13.5. The number of sulfonamides is 1. The van der Waals surface area contributed by atoms with Crippen molar-refractivity contribution in [2.45, 2.75) is 44.6 Å². The summed E-state index contributed by atoms with van der Waals surface area (Å²) in [6, 6.07) is 20.6. The second-order valence-electron chi connectivity index (χ2n) is 9.28. The first-order chi connectivity index (χ1) is 18.1. The van der Waals surface area contributed by atoms with Gasteiger partial charge in [0.1, 0.15) is 0 Å². The van der Waals surface area contributed by atoms with Crippen molar-refractivity contribution < 1.29 is 17.7 Å². The van der Waals surface area contributed by atoms with Gasteiger partial charge in [0.15, 0.2) is 5.82 Å². The number of carbonyl (C=O) groups is 1. The van der Waals surface area contributed by atoms with Gasteiger partial charge in [0.25, 0.3) is 0 Å². The molecule has 0 aliphatic rings. The lowest BCUT2D eigenvalue weighted by Gasteiger charge is -2.23. The van der Waals surface area contributed by atoms with E-state index >= 15 is 0 Å². The van der Waals surface area contributed by atoms with Crippen LogP contribution in [0.25, 0.3) is 0 Å². The van der Waals surface area contributed by atoms with Gasteiger partial charge in [0.05, 0.1) is 11.4 Å². The molecule has 10 heteroatoms. The van der Waals surface area contributed by atoms with Crippen LogP contribution in [-0.2, 0) is 27.8 Å². The van der Waals surface area contributed by atoms with Gasteiger partial charge in [-0.05, 0) is 60.0 Å². The lowest BCUT2D eigenvalue weighted by Crippen LogP contribution is -2.37. The second kappa shape index (κ2) is 11.9. The third-order valence-corrected chi connectivity index (χ3v) is 8.01. The number of anilines is 1. The predicted octanol–water partition coefficient (Wildman–Crippen LogP) is 5.58.